The number of carbonyl (C=O) groups excluding carboxylic acids is 1. The van der Waals surface area contributed by atoms with Crippen LogP contribution in [0.25, 0.3) is 0 Å². The quantitative estimate of drug-likeness (QED) is 0.681. The molecule has 2 atom stereocenters. The van der Waals surface area contributed by atoms with Crippen LogP contribution in [0.3, 0.4) is 0 Å². The zero-order valence-corrected chi connectivity index (χ0v) is 17.4. The number of amides is 1. The van der Waals surface area contributed by atoms with Gasteiger partial charge in [-0.3, -0.25) is 4.79 Å². The van der Waals surface area contributed by atoms with Crippen molar-refractivity contribution in [3.05, 3.63) is 29.3 Å². The van der Waals surface area contributed by atoms with Crippen LogP contribution in [0.5, 0.6) is 0 Å². The van der Waals surface area contributed by atoms with Crippen LogP contribution in [0.4, 0.5) is 0 Å². The third-order valence-electron chi connectivity index (χ3n) is 5.16. The fourth-order valence-corrected chi connectivity index (χ4v) is 4.70. The summed E-state index contributed by atoms with van der Waals surface area (Å²) in [5.41, 5.74) is 1.24. The summed E-state index contributed by atoms with van der Waals surface area (Å²) in [7, 11) is -2.15. The lowest BCUT2D eigenvalue weighted by molar-refractivity contribution is 0.0747. The minimum Gasteiger partial charge on any atom is -0.383 e. The van der Waals surface area contributed by atoms with Gasteiger partial charge >= 0.3 is 0 Å². The fraction of sp³-hybridized carbons (Fsp3) is 0.611. The van der Waals surface area contributed by atoms with Crippen LogP contribution in [0.2, 0.25) is 0 Å². The van der Waals surface area contributed by atoms with Crippen LogP contribution in [0.15, 0.2) is 23.1 Å². The molecular weight excluding hydrogens is 390 g/mol. The zero-order chi connectivity index (χ0) is 18.7. The largest absolute Gasteiger partial charge is 0.383 e. The van der Waals surface area contributed by atoms with E-state index < -0.39 is 10.0 Å². The van der Waals surface area contributed by atoms with E-state index in [2.05, 4.69) is 10.0 Å². The highest BCUT2D eigenvalue weighted by molar-refractivity contribution is 7.89. The Morgan fingerprint density at radius 3 is 2.78 bits per heavy atom. The predicted molar refractivity (Wildman–Crippen MR) is 106 cm³/mol. The summed E-state index contributed by atoms with van der Waals surface area (Å²) in [6.07, 6.45) is 3.20. The molecule has 2 aliphatic heterocycles. The average molecular weight is 418 g/mol. The number of halogens is 1. The molecule has 0 aromatic heterocycles. The van der Waals surface area contributed by atoms with E-state index >= 15 is 0 Å². The summed E-state index contributed by atoms with van der Waals surface area (Å²) in [6.45, 7) is 3.70. The monoisotopic (exact) mass is 417 g/mol. The normalized spacial score (nSPS) is 22.2. The van der Waals surface area contributed by atoms with Gasteiger partial charge in [0.2, 0.25) is 10.0 Å². The Morgan fingerprint density at radius 1 is 1.30 bits per heavy atom. The van der Waals surface area contributed by atoms with Crippen molar-refractivity contribution in [1.82, 2.24) is 14.9 Å². The lowest BCUT2D eigenvalue weighted by Crippen LogP contribution is -2.39. The van der Waals surface area contributed by atoms with Gasteiger partial charge in [0.05, 0.1) is 11.5 Å². The second-order valence-electron chi connectivity index (χ2n) is 7.05. The molecule has 9 heteroatoms. The highest BCUT2D eigenvalue weighted by Gasteiger charge is 2.32. The highest BCUT2D eigenvalue weighted by Crippen LogP contribution is 2.23. The molecule has 1 amide bonds. The van der Waals surface area contributed by atoms with Gasteiger partial charge in [-0.25, -0.2) is 13.1 Å². The van der Waals surface area contributed by atoms with E-state index in [4.69, 9.17) is 4.74 Å². The van der Waals surface area contributed by atoms with Crippen molar-refractivity contribution in [2.75, 3.05) is 33.4 Å². The van der Waals surface area contributed by atoms with Gasteiger partial charge in [-0.1, -0.05) is 6.07 Å². The standard InChI is InChI=1S/C18H27N3O4S.ClH/c1-13-3-6-16(26(23,24)19-8-10-25-2)11-17(13)18(22)21-9-7-14-4-5-15(12-21)20-14;/h3,6,11,14-15,19-20H,4-5,7-10,12H2,1-2H3;1H. The molecule has 0 saturated carbocycles. The Kier molecular flexibility index (Phi) is 7.64. The average Bonchev–Trinajstić information content (AvgIpc) is 2.93. The minimum atomic E-state index is -3.66. The number of sulfonamides is 1. The van der Waals surface area contributed by atoms with Crippen LogP contribution in [0.1, 0.15) is 35.2 Å². The van der Waals surface area contributed by atoms with E-state index in [1.165, 1.54) is 25.7 Å². The number of nitrogens with zero attached hydrogens (tertiary/aromatic N) is 1. The van der Waals surface area contributed by atoms with Crippen molar-refractivity contribution >= 4 is 28.3 Å². The molecule has 7 nitrogen and oxygen atoms in total. The maximum atomic E-state index is 13.1. The van der Waals surface area contributed by atoms with Gasteiger partial charge in [-0.05, 0) is 43.9 Å². The summed E-state index contributed by atoms with van der Waals surface area (Å²) in [5, 5.41) is 3.56. The van der Waals surface area contributed by atoms with Crippen molar-refractivity contribution in [3.8, 4) is 0 Å². The lowest BCUT2D eigenvalue weighted by Gasteiger charge is -2.25. The molecule has 2 N–H and O–H groups in total. The summed E-state index contributed by atoms with van der Waals surface area (Å²) in [4.78, 5) is 15.0. The second kappa shape index (κ2) is 9.34. The molecule has 2 unspecified atom stereocenters. The molecular formula is C18H28ClN3O4S. The summed E-state index contributed by atoms with van der Waals surface area (Å²) in [5.74, 6) is -0.0919. The van der Waals surface area contributed by atoms with Crippen LogP contribution >= 0.6 is 12.4 Å². The SMILES string of the molecule is COCCNS(=O)(=O)c1ccc(C)c(C(=O)N2CCC3CCC(C2)N3)c1.Cl. The molecule has 0 aliphatic carbocycles. The number of methoxy groups -OCH3 is 1. The molecule has 2 aliphatic rings. The van der Waals surface area contributed by atoms with E-state index in [0.29, 0.717) is 37.3 Å². The maximum Gasteiger partial charge on any atom is 0.254 e. The van der Waals surface area contributed by atoms with Gasteiger partial charge in [0.15, 0.2) is 0 Å². The number of hydrogen-bond acceptors (Lipinski definition) is 5. The Labute approximate surface area is 167 Å². The number of nitrogens with one attached hydrogen (secondary N) is 2. The van der Waals surface area contributed by atoms with Crippen LogP contribution < -0.4 is 10.0 Å². The van der Waals surface area contributed by atoms with Crippen molar-refractivity contribution in [3.63, 3.8) is 0 Å². The molecule has 2 bridgehead atoms. The number of hydrogen-bond donors (Lipinski definition) is 2. The highest BCUT2D eigenvalue weighted by atomic mass is 35.5. The predicted octanol–water partition coefficient (Wildman–Crippen LogP) is 1.31. The second-order valence-corrected chi connectivity index (χ2v) is 8.81. The third kappa shape index (κ3) is 5.20. The van der Waals surface area contributed by atoms with Crippen molar-refractivity contribution < 1.29 is 17.9 Å². The van der Waals surface area contributed by atoms with Crippen LogP contribution in [-0.2, 0) is 14.8 Å². The Morgan fingerprint density at radius 2 is 2.04 bits per heavy atom. The van der Waals surface area contributed by atoms with Crippen molar-refractivity contribution in [1.29, 1.82) is 0 Å². The Hall–Kier alpha value is -1.19. The molecule has 2 heterocycles. The first kappa shape index (κ1) is 22.1. The first-order chi connectivity index (χ1) is 12.4. The smallest absolute Gasteiger partial charge is 0.254 e. The number of ether oxygens (including phenoxy) is 1. The molecule has 1 aromatic carbocycles. The number of aryl methyl sites for hydroxylation is 1. The van der Waals surface area contributed by atoms with Crippen molar-refractivity contribution in [2.45, 2.75) is 43.2 Å². The van der Waals surface area contributed by atoms with E-state index in [9.17, 15) is 13.2 Å². The topological polar surface area (TPSA) is 87.7 Å². The fourth-order valence-electron chi connectivity index (χ4n) is 3.66. The molecule has 2 fully saturated rings. The number of likely N-dealkylation sites (tertiary alicyclic amines) is 1. The van der Waals surface area contributed by atoms with E-state index in [1.807, 2.05) is 11.8 Å². The van der Waals surface area contributed by atoms with E-state index in [0.717, 1.165) is 18.4 Å². The maximum absolute atomic E-state index is 13.1. The first-order valence-electron chi connectivity index (χ1n) is 9.05. The molecule has 2 saturated heterocycles. The Bertz CT molecular complexity index is 772. The lowest BCUT2D eigenvalue weighted by atomic mass is 10.0. The molecule has 0 spiro atoms. The molecule has 27 heavy (non-hydrogen) atoms. The molecule has 152 valence electrons. The number of benzene rings is 1. The van der Waals surface area contributed by atoms with Gasteiger partial charge in [0.1, 0.15) is 0 Å². The minimum absolute atomic E-state index is 0. The summed E-state index contributed by atoms with van der Waals surface area (Å²) >= 11 is 0. The molecule has 3 rings (SSSR count). The summed E-state index contributed by atoms with van der Waals surface area (Å²) in [6, 6.07) is 5.56. The Balaban J connectivity index is 0.00000261. The summed E-state index contributed by atoms with van der Waals surface area (Å²) < 4.78 is 32.2. The van der Waals surface area contributed by atoms with Gasteiger partial charge in [-0.2, -0.15) is 0 Å². The van der Waals surface area contributed by atoms with Gasteiger partial charge < -0.3 is 15.0 Å². The number of fused-ring (bicyclic) bond motifs is 2. The van der Waals surface area contributed by atoms with E-state index in [-0.39, 0.29) is 29.8 Å². The first-order valence-corrected chi connectivity index (χ1v) is 10.5. The van der Waals surface area contributed by atoms with Crippen LogP contribution in [-0.4, -0.2) is 64.7 Å². The van der Waals surface area contributed by atoms with Crippen LogP contribution in [0, 0.1) is 6.92 Å². The van der Waals surface area contributed by atoms with Crippen molar-refractivity contribution in [2.24, 2.45) is 0 Å². The number of rotatable bonds is 6. The van der Waals surface area contributed by atoms with Gasteiger partial charge in [0.25, 0.3) is 5.91 Å². The van der Waals surface area contributed by atoms with E-state index in [1.54, 1.807) is 6.07 Å². The molecule has 1 aromatic rings. The zero-order valence-electron chi connectivity index (χ0n) is 15.7. The number of carbonyl (C=O) groups is 1. The van der Waals surface area contributed by atoms with Gasteiger partial charge in [0, 0.05) is 44.4 Å². The third-order valence-corrected chi connectivity index (χ3v) is 6.62. The van der Waals surface area contributed by atoms with Gasteiger partial charge in [-0.15, -0.1) is 12.4 Å². The molecule has 0 radical (unpaired) electrons.